The van der Waals surface area contributed by atoms with Gasteiger partial charge in [-0.2, -0.15) is 0 Å². The Morgan fingerprint density at radius 1 is 1.42 bits per heavy atom. The first-order valence-corrected chi connectivity index (χ1v) is 3.43. The molecule has 1 unspecified atom stereocenters. The molecule has 0 spiro atoms. The van der Waals surface area contributed by atoms with Gasteiger partial charge in [0.25, 0.3) is 0 Å². The molecule has 0 aromatic rings. The van der Waals surface area contributed by atoms with Gasteiger partial charge in [0.1, 0.15) is 0 Å². The van der Waals surface area contributed by atoms with Crippen LogP contribution in [0.2, 0.25) is 0 Å². The minimum Gasteiger partial charge on any atom is -0.870 e. The normalized spacial score (nSPS) is 11.4. The third-order valence-electron chi connectivity index (χ3n) is 1.17. The first-order valence-electron chi connectivity index (χ1n) is 3.43. The van der Waals surface area contributed by atoms with Gasteiger partial charge >= 0.3 is 51.4 Å². The van der Waals surface area contributed by atoms with E-state index in [1.165, 1.54) is 6.92 Å². The molecule has 0 aliphatic carbocycles. The molecule has 0 amide bonds. The monoisotopic (exact) mass is 198 g/mol. The summed E-state index contributed by atoms with van der Waals surface area (Å²) in [6.45, 7) is 5.20. The molecular formula is C8H15KO3. The van der Waals surface area contributed by atoms with Gasteiger partial charge in [-0.3, -0.25) is 0 Å². The van der Waals surface area contributed by atoms with Crippen LogP contribution in [0, 0.1) is 17.8 Å². The largest absolute Gasteiger partial charge is 1.00 e. The quantitative estimate of drug-likeness (QED) is 0.279. The molecule has 0 bridgehead atoms. The van der Waals surface area contributed by atoms with Gasteiger partial charge in [0.05, 0.1) is 0 Å². The summed E-state index contributed by atoms with van der Waals surface area (Å²) in [4.78, 5) is 0. The second-order valence-electron chi connectivity index (χ2n) is 2.60. The van der Waals surface area contributed by atoms with Crippen LogP contribution in [0.25, 0.3) is 0 Å². The van der Waals surface area contributed by atoms with Crippen LogP contribution in [-0.2, 0) is 0 Å². The summed E-state index contributed by atoms with van der Waals surface area (Å²) in [7, 11) is 0. The van der Waals surface area contributed by atoms with Gasteiger partial charge < -0.3 is 15.7 Å². The van der Waals surface area contributed by atoms with Crippen LogP contribution < -0.4 is 51.4 Å². The maximum Gasteiger partial charge on any atom is 1.00 e. The number of rotatable bonds is 1. The topological polar surface area (TPSA) is 70.5 Å². The van der Waals surface area contributed by atoms with E-state index in [2.05, 4.69) is 11.8 Å². The molecule has 0 rings (SSSR count). The number of hydrogen-bond acceptors (Lipinski definition) is 3. The Bertz CT molecular complexity index is 152. The fourth-order valence-corrected chi connectivity index (χ4v) is 0.362. The maximum atomic E-state index is 8.74. The van der Waals surface area contributed by atoms with Gasteiger partial charge in [0.15, 0.2) is 0 Å². The summed E-state index contributed by atoms with van der Waals surface area (Å²) in [5.74, 6) is 3.46. The molecule has 12 heavy (non-hydrogen) atoms. The zero-order valence-corrected chi connectivity index (χ0v) is 11.2. The summed E-state index contributed by atoms with van der Waals surface area (Å²) >= 11 is 0. The van der Waals surface area contributed by atoms with E-state index >= 15 is 0 Å². The van der Waals surface area contributed by atoms with E-state index in [9.17, 15) is 0 Å². The van der Waals surface area contributed by atoms with Gasteiger partial charge in [-0.05, 0) is 12.3 Å². The summed E-state index contributed by atoms with van der Waals surface area (Å²) in [6.07, 6.45) is 0.934. The zero-order chi connectivity index (χ0) is 8.20. The van der Waals surface area contributed by atoms with Crippen molar-refractivity contribution in [1.29, 1.82) is 0 Å². The van der Waals surface area contributed by atoms with Crippen LogP contribution in [0.3, 0.4) is 0 Å². The molecular weight excluding hydrogens is 183 g/mol. The van der Waals surface area contributed by atoms with Crippen molar-refractivity contribution in [2.75, 3.05) is 0 Å². The molecule has 0 aromatic carbocycles. The first-order chi connectivity index (χ1) is 4.45. The maximum absolute atomic E-state index is 8.74. The Balaban J connectivity index is -0.000000405. The smallest absolute Gasteiger partial charge is 0.870 e. The molecule has 0 aromatic heterocycles. The average molecular weight is 198 g/mol. The molecule has 0 aliphatic heterocycles. The Hall–Kier alpha value is 1.08. The molecule has 0 radical (unpaired) electrons. The summed E-state index contributed by atoms with van der Waals surface area (Å²) in [5, 5.41) is 17.5. The van der Waals surface area contributed by atoms with Crippen LogP contribution in [0.1, 0.15) is 27.2 Å². The minimum atomic E-state index is -1.83. The van der Waals surface area contributed by atoms with E-state index < -0.39 is 5.79 Å². The van der Waals surface area contributed by atoms with Crippen molar-refractivity contribution in [1.82, 2.24) is 0 Å². The SMILES string of the molecule is CCC(C)C#CC(C)(O)O.[K+].[OH-]. The molecule has 4 heteroatoms. The van der Waals surface area contributed by atoms with Crippen LogP contribution in [0.5, 0.6) is 0 Å². The van der Waals surface area contributed by atoms with Crippen LogP contribution >= 0.6 is 0 Å². The van der Waals surface area contributed by atoms with Gasteiger partial charge in [0, 0.05) is 12.8 Å². The van der Waals surface area contributed by atoms with Crippen LogP contribution in [0.4, 0.5) is 0 Å². The van der Waals surface area contributed by atoms with Crippen molar-refractivity contribution in [2.45, 2.75) is 33.0 Å². The van der Waals surface area contributed by atoms with Crippen molar-refractivity contribution >= 4 is 0 Å². The third kappa shape index (κ3) is 13.7. The Labute approximate surface area is 116 Å². The van der Waals surface area contributed by atoms with E-state index in [0.29, 0.717) is 0 Å². The predicted octanol–water partition coefficient (Wildman–Crippen LogP) is -2.44. The fraction of sp³-hybridized carbons (Fsp3) is 0.750. The second kappa shape index (κ2) is 8.66. The molecule has 3 N–H and O–H groups in total. The van der Waals surface area contributed by atoms with E-state index in [1.54, 1.807) is 0 Å². The average Bonchev–Trinajstić information content (AvgIpc) is 1.81. The fourth-order valence-electron chi connectivity index (χ4n) is 0.362. The summed E-state index contributed by atoms with van der Waals surface area (Å²) < 4.78 is 0. The van der Waals surface area contributed by atoms with Crippen molar-refractivity contribution in [3.05, 3.63) is 0 Å². The van der Waals surface area contributed by atoms with E-state index in [4.69, 9.17) is 10.2 Å². The second-order valence-corrected chi connectivity index (χ2v) is 2.60. The summed E-state index contributed by atoms with van der Waals surface area (Å²) in [6, 6.07) is 0. The van der Waals surface area contributed by atoms with E-state index in [-0.39, 0.29) is 62.8 Å². The molecule has 1 atom stereocenters. The summed E-state index contributed by atoms with van der Waals surface area (Å²) in [5.41, 5.74) is 0. The van der Waals surface area contributed by atoms with Gasteiger partial charge in [0.2, 0.25) is 5.79 Å². The molecule has 0 saturated carbocycles. The molecule has 3 nitrogen and oxygen atoms in total. The standard InChI is InChI=1S/C8H14O2.K.H2O/c1-4-7(2)5-6-8(3,9)10;;/h7,9-10H,4H2,1-3H3;;1H2/q;+1;/p-1. The molecule has 0 fully saturated rings. The van der Waals surface area contributed by atoms with Crippen LogP contribution in [0.15, 0.2) is 0 Å². The van der Waals surface area contributed by atoms with Gasteiger partial charge in [-0.1, -0.05) is 19.8 Å². The first kappa shape index (κ1) is 18.8. The van der Waals surface area contributed by atoms with Gasteiger partial charge in [-0.15, -0.1) is 0 Å². The van der Waals surface area contributed by atoms with Crippen molar-refractivity contribution in [3.63, 3.8) is 0 Å². The van der Waals surface area contributed by atoms with Crippen molar-refractivity contribution in [3.8, 4) is 11.8 Å². The predicted molar refractivity (Wildman–Crippen MR) is 42.0 cm³/mol. The zero-order valence-electron chi connectivity index (χ0n) is 8.13. The number of hydrogen-bond donors (Lipinski definition) is 2. The molecule has 0 aliphatic rings. The minimum absolute atomic E-state index is 0. The Morgan fingerprint density at radius 3 is 2.08 bits per heavy atom. The molecule has 0 saturated heterocycles. The van der Waals surface area contributed by atoms with E-state index in [1.807, 2.05) is 13.8 Å². The third-order valence-corrected chi connectivity index (χ3v) is 1.17. The van der Waals surface area contributed by atoms with Crippen molar-refractivity contribution < 1.29 is 67.1 Å². The Kier molecular flexibility index (Phi) is 13.6. The molecule has 0 heterocycles. The van der Waals surface area contributed by atoms with E-state index in [0.717, 1.165) is 6.42 Å². The Morgan fingerprint density at radius 2 is 1.83 bits per heavy atom. The van der Waals surface area contributed by atoms with Crippen LogP contribution in [-0.4, -0.2) is 21.5 Å². The number of aliphatic hydroxyl groups is 2. The van der Waals surface area contributed by atoms with Gasteiger partial charge in [-0.25, -0.2) is 0 Å². The molecule has 66 valence electrons. The van der Waals surface area contributed by atoms with Crippen molar-refractivity contribution in [2.24, 2.45) is 5.92 Å².